The molecule has 2 N–H and O–H groups in total. The molecule has 5 heteroatoms. The van der Waals surface area contributed by atoms with Gasteiger partial charge in [0.15, 0.2) is 11.6 Å². The summed E-state index contributed by atoms with van der Waals surface area (Å²) in [5, 5.41) is 0. The summed E-state index contributed by atoms with van der Waals surface area (Å²) in [7, 11) is 0. The van der Waals surface area contributed by atoms with Crippen LogP contribution >= 0.6 is 11.8 Å². The lowest BCUT2D eigenvalue weighted by Gasteiger charge is -2.37. The molecule has 1 spiro atoms. The topological polar surface area (TPSA) is 44.5 Å². The molecule has 0 aromatic heterocycles. The van der Waals surface area contributed by atoms with Gasteiger partial charge in [-0.25, -0.2) is 4.39 Å². The van der Waals surface area contributed by atoms with Crippen LogP contribution < -0.4 is 10.5 Å². The zero-order valence-corrected chi connectivity index (χ0v) is 12.3. The van der Waals surface area contributed by atoms with Crippen molar-refractivity contribution >= 4 is 11.8 Å². The van der Waals surface area contributed by atoms with Crippen LogP contribution in [0.3, 0.4) is 0 Å². The first-order valence-electron chi connectivity index (χ1n) is 7.08. The highest BCUT2D eigenvalue weighted by molar-refractivity contribution is 7.99. The van der Waals surface area contributed by atoms with Gasteiger partial charge in [0.2, 0.25) is 0 Å². The average Bonchev–Trinajstić information content (AvgIpc) is 2.89. The first-order chi connectivity index (χ1) is 9.71. The van der Waals surface area contributed by atoms with Crippen molar-refractivity contribution in [2.45, 2.75) is 37.5 Å². The van der Waals surface area contributed by atoms with Crippen LogP contribution in [0.25, 0.3) is 0 Å². The summed E-state index contributed by atoms with van der Waals surface area (Å²) in [4.78, 5) is 0. The third kappa shape index (κ3) is 2.95. The fraction of sp³-hybridized carbons (Fsp3) is 0.600. The molecular formula is C15H20FNO2S. The van der Waals surface area contributed by atoms with Gasteiger partial charge in [-0.05, 0) is 29.9 Å². The first kappa shape index (κ1) is 14.2. The van der Waals surface area contributed by atoms with Gasteiger partial charge in [-0.2, -0.15) is 11.8 Å². The summed E-state index contributed by atoms with van der Waals surface area (Å²) in [5.74, 6) is 2.18. The molecule has 20 heavy (non-hydrogen) atoms. The Morgan fingerprint density at radius 2 is 2.40 bits per heavy atom. The minimum absolute atomic E-state index is 0.0404. The van der Waals surface area contributed by atoms with Crippen molar-refractivity contribution < 1.29 is 13.9 Å². The molecule has 1 aromatic carbocycles. The number of hydrogen-bond donors (Lipinski definition) is 1. The molecule has 2 saturated heterocycles. The van der Waals surface area contributed by atoms with E-state index in [1.165, 1.54) is 6.07 Å². The van der Waals surface area contributed by atoms with Gasteiger partial charge in [0.1, 0.15) is 6.10 Å². The van der Waals surface area contributed by atoms with E-state index in [0.29, 0.717) is 18.9 Å². The molecule has 2 aliphatic heterocycles. The van der Waals surface area contributed by atoms with Crippen molar-refractivity contribution in [3.8, 4) is 5.75 Å². The number of benzene rings is 1. The Morgan fingerprint density at radius 1 is 1.50 bits per heavy atom. The van der Waals surface area contributed by atoms with Gasteiger partial charge in [0.05, 0.1) is 12.2 Å². The molecule has 2 aliphatic rings. The van der Waals surface area contributed by atoms with E-state index in [1.54, 1.807) is 6.07 Å². The molecule has 2 unspecified atom stereocenters. The van der Waals surface area contributed by atoms with Crippen LogP contribution in [0.2, 0.25) is 0 Å². The van der Waals surface area contributed by atoms with Crippen LogP contribution in [-0.4, -0.2) is 29.8 Å². The summed E-state index contributed by atoms with van der Waals surface area (Å²) in [6, 6.07) is 4.96. The number of thioether (sulfide) groups is 1. The van der Waals surface area contributed by atoms with Gasteiger partial charge in [0, 0.05) is 25.1 Å². The molecule has 2 atom stereocenters. The molecule has 0 saturated carbocycles. The van der Waals surface area contributed by atoms with E-state index in [0.717, 1.165) is 36.3 Å². The quantitative estimate of drug-likeness (QED) is 0.931. The van der Waals surface area contributed by atoms with Crippen LogP contribution in [0.1, 0.15) is 24.8 Å². The van der Waals surface area contributed by atoms with Gasteiger partial charge in [-0.15, -0.1) is 0 Å². The second-order valence-corrected chi connectivity index (χ2v) is 6.64. The number of hydrogen-bond acceptors (Lipinski definition) is 4. The Labute approximate surface area is 123 Å². The number of halogens is 1. The van der Waals surface area contributed by atoms with Crippen molar-refractivity contribution in [3.05, 3.63) is 29.6 Å². The zero-order valence-electron chi connectivity index (χ0n) is 11.4. The molecule has 3 nitrogen and oxygen atoms in total. The molecule has 2 heterocycles. The van der Waals surface area contributed by atoms with E-state index >= 15 is 0 Å². The fourth-order valence-electron chi connectivity index (χ4n) is 2.89. The predicted molar refractivity (Wildman–Crippen MR) is 78.6 cm³/mol. The Balaban J connectivity index is 1.68. The summed E-state index contributed by atoms with van der Waals surface area (Å²) >= 11 is 1.93. The summed E-state index contributed by atoms with van der Waals surface area (Å²) in [6.07, 6.45) is 2.80. The van der Waals surface area contributed by atoms with E-state index in [-0.39, 0.29) is 17.5 Å². The Bertz CT molecular complexity index is 477. The molecule has 3 rings (SSSR count). The molecule has 0 amide bonds. The standard InChI is InChI=1S/C15H20FNO2S/c16-13-7-11(9-17)1-2-14(13)19-12-3-5-18-15(8-12)4-6-20-10-15/h1-2,7,12H,3-6,8-10,17H2. The Morgan fingerprint density at radius 3 is 3.10 bits per heavy atom. The van der Waals surface area contributed by atoms with Crippen molar-refractivity contribution in [2.24, 2.45) is 5.73 Å². The monoisotopic (exact) mass is 297 g/mol. The van der Waals surface area contributed by atoms with E-state index < -0.39 is 0 Å². The highest BCUT2D eigenvalue weighted by atomic mass is 32.2. The molecule has 2 fully saturated rings. The highest BCUT2D eigenvalue weighted by Gasteiger charge is 2.41. The van der Waals surface area contributed by atoms with Crippen LogP contribution in [0.4, 0.5) is 4.39 Å². The minimum atomic E-state index is -0.325. The molecule has 0 aliphatic carbocycles. The highest BCUT2D eigenvalue weighted by Crippen LogP contribution is 2.39. The smallest absolute Gasteiger partial charge is 0.165 e. The average molecular weight is 297 g/mol. The van der Waals surface area contributed by atoms with Crippen molar-refractivity contribution in [1.29, 1.82) is 0 Å². The van der Waals surface area contributed by atoms with Crippen LogP contribution in [0.5, 0.6) is 5.75 Å². The van der Waals surface area contributed by atoms with E-state index in [2.05, 4.69) is 0 Å². The largest absolute Gasteiger partial charge is 0.487 e. The SMILES string of the molecule is NCc1ccc(OC2CCOC3(CCSC3)C2)c(F)c1. The second-order valence-electron chi connectivity index (χ2n) is 5.54. The third-order valence-corrected chi connectivity index (χ3v) is 5.26. The van der Waals surface area contributed by atoms with Gasteiger partial charge >= 0.3 is 0 Å². The maximum absolute atomic E-state index is 13.9. The van der Waals surface area contributed by atoms with Gasteiger partial charge in [-0.3, -0.25) is 0 Å². The van der Waals surface area contributed by atoms with E-state index in [4.69, 9.17) is 15.2 Å². The summed E-state index contributed by atoms with van der Waals surface area (Å²) < 4.78 is 25.8. The van der Waals surface area contributed by atoms with Crippen LogP contribution in [-0.2, 0) is 11.3 Å². The van der Waals surface area contributed by atoms with E-state index in [9.17, 15) is 4.39 Å². The molecule has 0 radical (unpaired) electrons. The Hall–Kier alpha value is -0.780. The van der Waals surface area contributed by atoms with Crippen molar-refractivity contribution in [2.75, 3.05) is 18.1 Å². The molecule has 110 valence electrons. The lowest BCUT2D eigenvalue weighted by molar-refractivity contribution is -0.0964. The zero-order chi connectivity index (χ0) is 14.0. The van der Waals surface area contributed by atoms with Gasteiger partial charge in [-0.1, -0.05) is 6.07 Å². The van der Waals surface area contributed by atoms with Crippen LogP contribution in [0, 0.1) is 5.82 Å². The lowest BCUT2D eigenvalue weighted by atomic mass is 9.91. The maximum atomic E-state index is 13.9. The third-order valence-electron chi connectivity index (χ3n) is 4.04. The van der Waals surface area contributed by atoms with Crippen molar-refractivity contribution in [3.63, 3.8) is 0 Å². The van der Waals surface area contributed by atoms with E-state index in [1.807, 2.05) is 17.8 Å². The molecule has 0 bridgehead atoms. The van der Waals surface area contributed by atoms with Gasteiger partial charge < -0.3 is 15.2 Å². The number of rotatable bonds is 3. The van der Waals surface area contributed by atoms with Crippen LogP contribution in [0.15, 0.2) is 18.2 Å². The fourth-order valence-corrected chi connectivity index (χ4v) is 4.27. The molecular weight excluding hydrogens is 277 g/mol. The number of nitrogens with two attached hydrogens (primary N) is 1. The summed E-state index contributed by atoms with van der Waals surface area (Å²) in [5.41, 5.74) is 6.25. The Kier molecular flexibility index (Phi) is 4.19. The van der Waals surface area contributed by atoms with Gasteiger partial charge in [0.25, 0.3) is 0 Å². The first-order valence-corrected chi connectivity index (χ1v) is 8.23. The summed E-state index contributed by atoms with van der Waals surface area (Å²) in [6.45, 7) is 1.04. The maximum Gasteiger partial charge on any atom is 0.165 e. The van der Waals surface area contributed by atoms with Crippen molar-refractivity contribution in [1.82, 2.24) is 0 Å². The normalized spacial score (nSPS) is 29.8. The predicted octanol–water partition coefficient (Wildman–Crippen LogP) is 2.72. The lowest BCUT2D eigenvalue weighted by Crippen LogP contribution is -2.43. The second kappa shape index (κ2) is 5.92. The molecule has 1 aromatic rings. The number of ether oxygens (including phenoxy) is 2. The minimum Gasteiger partial charge on any atom is -0.487 e.